The second-order valence-electron chi connectivity index (χ2n) is 3.08. The highest BCUT2D eigenvalue weighted by Crippen LogP contribution is 2.59. The summed E-state index contributed by atoms with van der Waals surface area (Å²) in [5.41, 5.74) is 0. The summed E-state index contributed by atoms with van der Waals surface area (Å²) in [7, 11) is 0. The van der Waals surface area contributed by atoms with Crippen LogP contribution in [-0.2, 0) is 0 Å². The van der Waals surface area contributed by atoms with Crippen LogP contribution in [0.4, 0.5) is 8.78 Å². The van der Waals surface area contributed by atoms with Gasteiger partial charge in [-0.3, -0.25) is 5.41 Å². The third-order valence-electron chi connectivity index (χ3n) is 2.48. The van der Waals surface area contributed by atoms with Gasteiger partial charge in [0.1, 0.15) is 0 Å². The van der Waals surface area contributed by atoms with Gasteiger partial charge in [-0.2, -0.15) is 0 Å². The fraction of sp³-hybridized carbons (Fsp3) is 0.833. The smallest absolute Gasteiger partial charge is 0.258 e. The Bertz CT molecular complexity index is 205. The third-order valence-corrected chi connectivity index (χ3v) is 3.16. The summed E-state index contributed by atoms with van der Waals surface area (Å²) in [5, 5.41) is 7.20. The molecular formula is C6H7F2IN2. The summed E-state index contributed by atoms with van der Waals surface area (Å²) in [6.07, 6.45) is 0. The van der Waals surface area contributed by atoms with Crippen LogP contribution in [0.25, 0.3) is 0 Å². The Balaban J connectivity index is 2.00. The van der Waals surface area contributed by atoms with Crippen molar-refractivity contribution in [2.75, 3.05) is 13.1 Å². The molecule has 0 aromatic heterocycles. The van der Waals surface area contributed by atoms with Crippen LogP contribution in [0.5, 0.6) is 0 Å². The first-order valence-electron chi connectivity index (χ1n) is 3.40. The molecule has 1 saturated carbocycles. The molecule has 1 saturated heterocycles. The van der Waals surface area contributed by atoms with Crippen molar-refractivity contribution in [3.63, 3.8) is 0 Å². The molecule has 2 nitrogen and oxygen atoms in total. The van der Waals surface area contributed by atoms with Crippen molar-refractivity contribution in [3.8, 4) is 0 Å². The van der Waals surface area contributed by atoms with Crippen molar-refractivity contribution < 1.29 is 8.78 Å². The molecule has 0 amide bonds. The molecule has 2 fully saturated rings. The molecule has 1 aliphatic carbocycles. The van der Waals surface area contributed by atoms with Gasteiger partial charge in [-0.1, -0.05) is 0 Å². The van der Waals surface area contributed by atoms with Crippen molar-refractivity contribution in [1.82, 2.24) is 4.90 Å². The molecule has 0 bridgehead atoms. The Hall–Kier alpha value is 0.0600. The van der Waals surface area contributed by atoms with Gasteiger partial charge in [0.25, 0.3) is 5.92 Å². The van der Waals surface area contributed by atoms with Crippen LogP contribution in [-0.4, -0.2) is 27.8 Å². The van der Waals surface area contributed by atoms with Crippen LogP contribution in [0.1, 0.15) is 0 Å². The number of fused-ring (bicyclic) bond motifs is 1. The van der Waals surface area contributed by atoms with Gasteiger partial charge in [0.15, 0.2) is 3.84 Å². The van der Waals surface area contributed by atoms with E-state index in [4.69, 9.17) is 5.41 Å². The summed E-state index contributed by atoms with van der Waals surface area (Å²) in [6.45, 7) is 0.749. The molecule has 0 aromatic rings. The average molecular weight is 272 g/mol. The normalized spacial score (nSPS) is 38.6. The number of hydrogen-bond donors (Lipinski definition) is 1. The second-order valence-corrected chi connectivity index (χ2v) is 4.11. The van der Waals surface area contributed by atoms with Crippen molar-refractivity contribution in [2.45, 2.75) is 5.92 Å². The number of hydrogen-bond acceptors (Lipinski definition) is 1. The molecule has 1 heterocycles. The quantitative estimate of drug-likeness (QED) is 0.308. The molecule has 62 valence electrons. The van der Waals surface area contributed by atoms with E-state index in [2.05, 4.69) is 0 Å². The van der Waals surface area contributed by atoms with E-state index < -0.39 is 17.8 Å². The molecule has 2 aliphatic rings. The number of nitrogens with one attached hydrogen (secondary N) is 1. The molecule has 0 spiro atoms. The Morgan fingerprint density at radius 2 is 1.91 bits per heavy atom. The van der Waals surface area contributed by atoms with Crippen molar-refractivity contribution in [3.05, 3.63) is 0 Å². The average Bonchev–Trinajstić information content (AvgIpc) is 2.28. The van der Waals surface area contributed by atoms with E-state index in [1.807, 2.05) is 22.6 Å². The SMILES string of the molecule is N=C(I)N1CC2C(C1)C2(F)F. The van der Waals surface area contributed by atoms with Gasteiger partial charge in [0.2, 0.25) is 0 Å². The summed E-state index contributed by atoms with van der Waals surface area (Å²) in [5.74, 6) is -3.34. The van der Waals surface area contributed by atoms with Crippen molar-refractivity contribution in [2.24, 2.45) is 11.8 Å². The Morgan fingerprint density at radius 1 is 1.45 bits per heavy atom. The lowest BCUT2D eigenvalue weighted by atomic mass is 10.4. The van der Waals surface area contributed by atoms with E-state index in [0.717, 1.165) is 0 Å². The monoisotopic (exact) mass is 272 g/mol. The molecule has 1 aliphatic heterocycles. The predicted octanol–water partition coefficient (Wildman–Crippen LogP) is 1.55. The number of nitrogens with zero attached hydrogens (tertiary/aromatic N) is 1. The topological polar surface area (TPSA) is 27.1 Å². The first-order chi connectivity index (χ1) is 5.03. The number of likely N-dealkylation sites (tertiary alicyclic amines) is 1. The molecule has 11 heavy (non-hydrogen) atoms. The van der Waals surface area contributed by atoms with Crippen molar-refractivity contribution >= 4 is 26.4 Å². The van der Waals surface area contributed by atoms with Crippen molar-refractivity contribution in [1.29, 1.82) is 5.41 Å². The fourth-order valence-electron chi connectivity index (χ4n) is 1.67. The predicted molar refractivity (Wildman–Crippen MR) is 45.2 cm³/mol. The van der Waals surface area contributed by atoms with Gasteiger partial charge in [0.05, 0.1) is 11.8 Å². The van der Waals surface area contributed by atoms with Crippen LogP contribution < -0.4 is 0 Å². The molecule has 2 rings (SSSR count). The molecule has 0 aromatic carbocycles. The largest absolute Gasteiger partial charge is 0.351 e. The maximum atomic E-state index is 12.6. The number of rotatable bonds is 0. The zero-order chi connectivity index (χ0) is 8.22. The number of piperidine rings is 1. The van der Waals surface area contributed by atoms with E-state index in [1.54, 1.807) is 4.90 Å². The standard InChI is InChI=1S/C6H7F2IN2/c7-6(8)3-1-11(5(9)10)2-4(3)6/h3-4,10H,1-2H2. The summed E-state index contributed by atoms with van der Waals surface area (Å²) in [6, 6.07) is 0. The van der Waals surface area contributed by atoms with E-state index in [-0.39, 0.29) is 0 Å². The van der Waals surface area contributed by atoms with Gasteiger partial charge < -0.3 is 4.90 Å². The molecule has 5 heteroatoms. The number of amidine groups is 1. The Labute approximate surface area is 76.6 Å². The molecule has 1 N–H and O–H groups in total. The summed E-state index contributed by atoms with van der Waals surface area (Å²) < 4.78 is 25.5. The number of halogens is 3. The summed E-state index contributed by atoms with van der Waals surface area (Å²) in [4.78, 5) is 1.70. The lowest BCUT2D eigenvalue weighted by Crippen LogP contribution is -2.29. The van der Waals surface area contributed by atoms with Crippen LogP contribution in [0, 0.1) is 17.2 Å². The van der Waals surface area contributed by atoms with E-state index in [9.17, 15) is 8.78 Å². The Kier molecular flexibility index (Phi) is 1.44. The van der Waals surface area contributed by atoms with Gasteiger partial charge in [-0.15, -0.1) is 0 Å². The van der Waals surface area contributed by atoms with Gasteiger partial charge in [-0.05, 0) is 22.6 Å². The number of alkyl halides is 2. The van der Waals surface area contributed by atoms with Crippen LogP contribution in [0.3, 0.4) is 0 Å². The highest BCUT2D eigenvalue weighted by molar-refractivity contribution is 14.1. The minimum atomic E-state index is -2.41. The van der Waals surface area contributed by atoms with Crippen LogP contribution in [0.2, 0.25) is 0 Å². The lowest BCUT2D eigenvalue weighted by molar-refractivity contribution is 0.0649. The minimum Gasteiger partial charge on any atom is -0.351 e. The minimum absolute atomic E-state index is 0.374. The van der Waals surface area contributed by atoms with Gasteiger partial charge in [0, 0.05) is 13.1 Å². The van der Waals surface area contributed by atoms with E-state index in [1.165, 1.54) is 0 Å². The zero-order valence-electron chi connectivity index (χ0n) is 5.65. The highest BCUT2D eigenvalue weighted by atomic mass is 127. The van der Waals surface area contributed by atoms with Gasteiger partial charge >= 0.3 is 0 Å². The van der Waals surface area contributed by atoms with E-state index >= 15 is 0 Å². The summed E-state index contributed by atoms with van der Waals surface area (Å²) >= 11 is 1.85. The first-order valence-corrected chi connectivity index (χ1v) is 4.48. The van der Waals surface area contributed by atoms with Crippen LogP contribution in [0.15, 0.2) is 0 Å². The lowest BCUT2D eigenvalue weighted by Gasteiger charge is -2.18. The first kappa shape index (κ1) is 7.70. The Morgan fingerprint density at radius 3 is 2.27 bits per heavy atom. The molecular weight excluding hydrogens is 265 g/mol. The van der Waals surface area contributed by atoms with E-state index in [0.29, 0.717) is 16.9 Å². The maximum Gasteiger partial charge on any atom is 0.258 e. The fourth-order valence-corrected chi connectivity index (χ4v) is 2.06. The van der Waals surface area contributed by atoms with Gasteiger partial charge in [-0.25, -0.2) is 8.78 Å². The highest BCUT2D eigenvalue weighted by Gasteiger charge is 2.71. The molecule has 0 radical (unpaired) electrons. The van der Waals surface area contributed by atoms with Crippen LogP contribution >= 0.6 is 22.6 Å². The molecule has 2 atom stereocenters. The second kappa shape index (κ2) is 2.05. The maximum absolute atomic E-state index is 12.6. The zero-order valence-corrected chi connectivity index (χ0v) is 7.81. The third kappa shape index (κ3) is 0.962. The molecule has 2 unspecified atom stereocenters.